The van der Waals surface area contributed by atoms with Crippen LogP contribution in [0.15, 0.2) is 24.3 Å². The fourth-order valence-corrected chi connectivity index (χ4v) is 2.62. The summed E-state index contributed by atoms with van der Waals surface area (Å²) in [6, 6.07) is 5.87. The number of halogens is 1. The second-order valence-electron chi connectivity index (χ2n) is 5.42. The zero-order chi connectivity index (χ0) is 15.7. The molecule has 0 aliphatic carbocycles. The van der Waals surface area contributed by atoms with Crippen molar-refractivity contribution in [2.45, 2.75) is 25.9 Å². The first-order chi connectivity index (χ1) is 10.6. The molecule has 1 aliphatic heterocycles. The second kappa shape index (κ2) is 5.84. The molecule has 0 atom stereocenters. The largest absolute Gasteiger partial charge is 0.393 e. The highest BCUT2D eigenvalue weighted by atomic mass is 19.1. The molecular formula is C15H17FN4O2. The van der Waals surface area contributed by atoms with E-state index in [0.29, 0.717) is 43.1 Å². The number of carbonyl (C=O) groups excluding carboxylic acids is 1. The van der Waals surface area contributed by atoms with Gasteiger partial charge in [0.2, 0.25) is 0 Å². The Hall–Kier alpha value is -2.28. The number of benzene rings is 1. The van der Waals surface area contributed by atoms with E-state index < -0.39 is 0 Å². The highest BCUT2D eigenvalue weighted by Crippen LogP contribution is 2.26. The van der Waals surface area contributed by atoms with Crippen LogP contribution in [0, 0.1) is 5.82 Å². The Bertz CT molecular complexity index is 675. The molecule has 1 aromatic heterocycles. The van der Waals surface area contributed by atoms with Gasteiger partial charge < -0.3 is 10.0 Å². The van der Waals surface area contributed by atoms with Gasteiger partial charge in [0.05, 0.1) is 11.8 Å². The van der Waals surface area contributed by atoms with Crippen LogP contribution in [-0.2, 0) is 0 Å². The van der Waals surface area contributed by atoms with Crippen molar-refractivity contribution in [1.82, 2.24) is 15.0 Å². The number of Topliss-reactive ketones (excluding diaryl/α,β-unsaturated/α-hetero) is 1. The minimum atomic E-state index is -0.335. The van der Waals surface area contributed by atoms with Gasteiger partial charge in [0, 0.05) is 20.0 Å². The third-order valence-corrected chi connectivity index (χ3v) is 3.82. The number of rotatable bonds is 3. The Morgan fingerprint density at radius 2 is 1.91 bits per heavy atom. The zero-order valence-corrected chi connectivity index (χ0v) is 12.2. The maximum Gasteiger partial charge on any atom is 0.183 e. The van der Waals surface area contributed by atoms with Gasteiger partial charge in [0.25, 0.3) is 0 Å². The number of nitrogens with zero attached hydrogens (tertiary/aromatic N) is 4. The van der Waals surface area contributed by atoms with E-state index in [4.69, 9.17) is 0 Å². The van der Waals surface area contributed by atoms with E-state index in [1.165, 1.54) is 19.1 Å². The Kier molecular flexibility index (Phi) is 3.89. The number of piperidine rings is 1. The molecule has 1 saturated heterocycles. The molecule has 2 aromatic rings. The number of hydrogen-bond donors (Lipinski definition) is 1. The number of aromatic nitrogens is 3. The van der Waals surface area contributed by atoms with Crippen LogP contribution < -0.4 is 4.90 Å². The zero-order valence-electron chi connectivity index (χ0n) is 12.2. The third kappa shape index (κ3) is 2.71. The van der Waals surface area contributed by atoms with Crippen molar-refractivity contribution in [3.63, 3.8) is 0 Å². The Morgan fingerprint density at radius 1 is 1.27 bits per heavy atom. The van der Waals surface area contributed by atoms with Crippen LogP contribution >= 0.6 is 0 Å². The molecule has 0 radical (unpaired) electrons. The van der Waals surface area contributed by atoms with Crippen LogP contribution in [0.5, 0.6) is 0 Å². The lowest BCUT2D eigenvalue weighted by molar-refractivity contribution is 0.101. The monoisotopic (exact) mass is 304 g/mol. The van der Waals surface area contributed by atoms with E-state index in [1.54, 1.807) is 16.8 Å². The maximum atomic E-state index is 13.1. The Labute approximate surface area is 127 Å². The molecule has 2 heterocycles. The van der Waals surface area contributed by atoms with Crippen molar-refractivity contribution < 1.29 is 14.3 Å². The van der Waals surface area contributed by atoms with E-state index in [2.05, 4.69) is 10.3 Å². The van der Waals surface area contributed by atoms with Gasteiger partial charge in [-0.25, -0.2) is 4.39 Å². The first-order valence-corrected chi connectivity index (χ1v) is 7.22. The smallest absolute Gasteiger partial charge is 0.183 e. The molecule has 22 heavy (non-hydrogen) atoms. The molecule has 1 aliphatic rings. The van der Waals surface area contributed by atoms with Crippen LogP contribution in [0.4, 0.5) is 10.2 Å². The van der Waals surface area contributed by atoms with Gasteiger partial charge in [-0.2, -0.15) is 4.68 Å². The van der Waals surface area contributed by atoms with Crippen molar-refractivity contribution in [3.8, 4) is 5.69 Å². The van der Waals surface area contributed by atoms with Crippen molar-refractivity contribution in [1.29, 1.82) is 0 Å². The number of carbonyl (C=O) groups is 1. The number of aliphatic hydroxyl groups excluding tert-OH is 1. The van der Waals surface area contributed by atoms with Crippen LogP contribution in [0.2, 0.25) is 0 Å². The fourth-order valence-electron chi connectivity index (χ4n) is 2.62. The summed E-state index contributed by atoms with van der Waals surface area (Å²) in [6.45, 7) is 2.69. The molecule has 0 amide bonds. The summed E-state index contributed by atoms with van der Waals surface area (Å²) in [7, 11) is 0. The average Bonchev–Trinajstić information content (AvgIpc) is 2.94. The number of anilines is 1. The summed E-state index contributed by atoms with van der Waals surface area (Å²) in [5.74, 6) is 0.0961. The van der Waals surface area contributed by atoms with E-state index in [9.17, 15) is 14.3 Å². The number of aliphatic hydroxyl groups is 1. The van der Waals surface area contributed by atoms with Gasteiger partial charge in [-0.1, -0.05) is 5.21 Å². The van der Waals surface area contributed by atoms with Gasteiger partial charge in [0.1, 0.15) is 5.82 Å². The maximum absolute atomic E-state index is 13.1. The Morgan fingerprint density at radius 3 is 2.50 bits per heavy atom. The summed E-state index contributed by atoms with van der Waals surface area (Å²) in [6.07, 6.45) is 0.949. The average molecular weight is 304 g/mol. The molecule has 116 valence electrons. The minimum absolute atomic E-state index is 0.172. The number of ketones is 1. The first kappa shape index (κ1) is 14.6. The predicted octanol–water partition coefficient (Wildman–Crippen LogP) is 1.57. The second-order valence-corrected chi connectivity index (χ2v) is 5.42. The van der Waals surface area contributed by atoms with E-state index >= 15 is 0 Å². The van der Waals surface area contributed by atoms with E-state index in [0.717, 1.165) is 0 Å². The lowest BCUT2D eigenvalue weighted by Gasteiger charge is -2.31. The molecule has 1 aromatic carbocycles. The van der Waals surface area contributed by atoms with Crippen molar-refractivity contribution in [2.24, 2.45) is 0 Å². The van der Waals surface area contributed by atoms with Crippen LogP contribution in [0.1, 0.15) is 30.3 Å². The topological polar surface area (TPSA) is 71.2 Å². The quantitative estimate of drug-likeness (QED) is 0.872. The Balaban J connectivity index is 2.03. The van der Waals surface area contributed by atoms with Crippen molar-refractivity contribution >= 4 is 11.6 Å². The van der Waals surface area contributed by atoms with Gasteiger partial charge in [-0.3, -0.25) is 4.79 Å². The van der Waals surface area contributed by atoms with Gasteiger partial charge in [0.15, 0.2) is 17.3 Å². The standard InChI is InChI=1S/C15H17FN4O2/c1-10(21)14-15(19-8-6-13(22)7-9-19)20(18-17-14)12-4-2-11(16)3-5-12/h2-5,13,22H,6-9H2,1H3. The summed E-state index contributed by atoms with van der Waals surface area (Å²) < 4.78 is 14.6. The SMILES string of the molecule is CC(=O)c1nnn(-c2ccc(F)cc2)c1N1CCC(O)CC1. The molecular weight excluding hydrogens is 287 g/mol. The van der Waals surface area contributed by atoms with Gasteiger partial charge in [-0.15, -0.1) is 5.10 Å². The molecule has 3 rings (SSSR count). The van der Waals surface area contributed by atoms with Crippen molar-refractivity contribution in [3.05, 3.63) is 35.8 Å². The van der Waals surface area contributed by atoms with E-state index in [-0.39, 0.29) is 17.7 Å². The highest BCUT2D eigenvalue weighted by Gasteiger charge is 2.26. The van der Waals surface area contributed by atoms with Gasteiger partial charge in [-0.05, 0) is 37.1 Å². The predicted molar refractivity (Wildman–Crippen MR) is 78.8 cm³/mol. The molecule has 1 fully saturated rings. The normalized spacial score (nSPS) is 16.0. The first-order valence-electron chi connectivity index (χ1n) is 7.22. The molecule has 0 unspecified atom stereocenters. The molecule has 7 heteroatoms. The van der Waals surface area contributed by atoms with Crippen molar-refractivity contribution in [2.75, 3.05) is 18.0 Å². The lowest BCUT2D eigenvalue weighted by Crippen LogP contribution is -2.37. The molecule has 0 spiro atoms. The van der Waals surface area contributed by atoms with Crippen LogP contribution in [0.25, 0.3) is 5.69 Å². The van der Waals surface area contributed by atoms with Crippen LogP contribution in [0.3, 0.4) is 0 Å². The summed E-state index contributed by atoms with van der Waals surface area (Å²) in [5.41, 5.74) is 0.934. The lowest BCUT2D eigenvalue weighted by atomic mass is 10.1. The third-order valence-electron chi connectivity index (χ3n) is 3.82. The highest BCUT2D eigenvalue weighted by molar-refractivity contribution is 5.97. The van der Waals surface area contributed by atoms with E-state index in [1.807, 2.05) is 4.90 Å². The minimum Gasteiger partial charge on any atom is -0.393 e. The summed E-state index contributed by atoms with van der Waals surface area (Å²) in [4.78, 5) is 13.8. The molecule has 0 saturated carbocycles. The summed E-state index contributed by atoms with van der Waals surface area (Å²) in [5, 5.41) is 17.7. The fraction of sp³-hybridized carbons (Fsp3) is 0.400. The summed E-state index contributed by atoms with van der Waals surface area (Å²) >= 11 is 0. The van der Waals surface area contributed by atoms with Gasteiger partial charge >= 0.3 is 0 Å². The number of hydrogen-bond acceptors (Lipinski definition) is 5. The molecule has 1 N–H and O–H groups in total. The van der Waals surface area contributed by atoms with Crippen LogP contribution in [-0.4, -0.2) is 45.1 Å². The molecule has 6 nitrogen and oxygen atoms in total. The molecule has 0 bridgehead atoms.